The molecule has 3 amide bonds. The molecule has 1 heterocycles. The number of Topliss-reactive ketones (excluding diaryl/α,β-unsaturated/α-hetero) is 1. The van der Waals surface area contributed by atoms with Gasteiger partial charge in [-0.3, -0.25) is 19.2 Å². The number of amides is 3. The van der Waals surface area contributed by atoms with Gasteiger partial charge in [-0.1, -0.05) is 93.6 Å². The van der Waals surface area contributed by atoms with E-state index < -0.39 is 30.2 Å². The molecule has 1 fully saturated rings. The largest absolute Gasteiger partial charge is 0.347 e. The Hall–Kier alpha value is -2.22. The van der Waals surface area contributed by atoms with Crippen molar-refractivity contribution in [2.24, 2.45) is 5.73 Å². The molecule has 1 atom stereocenters. The number of likely N-dealkylation sites (tertiary alicyclic amines) is 1. The third-order valence-electron chi connectivity index (χ3n) is 4.09. The number of ketones is 1. The lowest BCUT2D eigenvalue weighted by Gasteiger charge is -2.23. The molecule has 1 unspecified atom stereocenters. The first-order valence-electron chi connectivity index (χ1n) is 13.0. The number of rotatable bonds is 10. The summed E-state index contributed by atoms with van der Waals surface area (Å²) >= 11 is 0. The molecule has 0 aliphatic carbocycles. The van der Waals surface area contributed by atoms with Crippen molar-refractivity contribution in [3.63, 3.8) is 0 Å². The summed E-state index contributed by atoms with van der Waals surface area (Å²) in [5.41, 5.74) is 5.28. The van der Waals surface area contributed by atoms with Crippen molar-refractivity contribution in [1.29, 1.82) is 0 Å². The van der Waals surface area contributed by atoms with Crippen molar-refractivity contribution in [3.05, 3.63) is 12.7 Å². The monoisotopic (exact) mass is 486 g/mol. The van der Waals surface area contributed by atoms with Crippen LogP contribution in [0.3, 0.4) is 0 Å². The quantitative estimate of drug-likeness (QED) is 0.245. The second-order valence-corrected chi connectivity index (χ2v) is 7.00. The number of nitrogens with one attached hydrogen (secondary N) is 2. The smallest absolute Gasteiger partial charge is 0.289 e. The molecule has 1 aliphatic rings. The molecule has 1 rings (SSSR count). The zero-order valence-corrected chi connectivity index (χ0v) is 23.3. The summed E-state index contributed by atoms with van der Waals surface area (Å²) in [4.78, 5) is 47.7. The second-order valence-electron chi connectivity index (χ2n) is 7.00. The first-order chi connectivity index (χ1) is 16.3. The van der Waals surface area contributed by atoms with Gasteiger partial charge in [0.2, 0.25) is 17.6 Å². The third kappa shape index (κ3) is 21.6. The minimum atomic E-state index is -0.781. The summed E-state index contributed by atoms with van der Waals surface area (Å²) in [7, 11) is 0. The van der Waals surface area contributed by atoms with Crippen molar-refractivity contribution in [3.8, 4) is 0 Å². The van der Waals surface area contributed by atoms with Gasteiger partial charge in [-0.05, 0) is 12.8 Å². The second kappa shape index (κ2) is 30.8. The zero-order valence-electron chi connectivity index (χ0n) is 23.3. The average molecular weight is 487 g/mol. The molecule has 0 aromatic rings. The molecule has 0 saturated carbocycles. The maximum absolute atomic E-state index is 12.0. The summed E-state index contributed by atoms with van der Waals surface area (Å²) in [5, 5.41) is 4.70. The predicted molar refractivity (Wildman–Crippen MR) is 143 cm³/mol. The van der Waals surface area contributed by atoms with Gasteiger partial charge < -0.3 is 21.3 Å². The lowest BCUT2D eigenvalue weighted by molar-refractivity contribution is -0.139. The van der Waals surface area contributed by atoms with Gasteiger partial charge in [0.25, 0.3) is 5.91 Å². The van der Waals surface area contributed by atoms with Gasteiger partial charge in [-0.2, -0.15) is 0 Å². The Labute approximate surface area is 209 Å². The molecule has 0 aromatic carbocycles. The van der Waals surface area contributed by atoms with Crippen LogP contribution in [0.2, 0.25) is 0 Å². The molecular formula is C26H54N4O4. The van der Waals surface area contributed by atoms with Gasteiger partial charge in [0, 0.05) is 13.1 Å². The Bertz CT molecular complexity index is 521. The molecule has 8 nitrogen and oxygen atoms in total. The van der Waals surface area contributed by atoms with Gasteiger partial charge in [-0.25, -0.2) is 0 Å². The van der Waals surface area contributed by atoms with Gasteiger partial charge in [-0.15, -0.1) is 6.58 Å². The first kappa shape index (κ1) is 39.0. The van der Waals surface area contributed by atoms with E-state index in [1.165, 1.54) is 43.1 Å². The first-order valence-corrected chi connectivity index (χ1v) is 13.0. The number of carbonyl (C=O) groups is 4. The highest BCUT2D eigenvalue weighted by Gasteiger charge is 2.33. The molecular weight excluding hydrogens is 432 g/mol. The lowest BCUT2D eigenvalue weighted by atomic mass is 10.2. The maximum atomic E-state index is 12.0. The van der Waals surface area contributed by atoms with E-state index in [1.807, 2.05) is 27.7 Å². The molecule has 0 bridgehead atoms. The Morgan fingerprint density at radius 1 is 0.971 bits per heavy atom. The van der Waals surface area contributed by atoms with E-state index in [2.05, 4.69) is 44.9 Å². The highest BCUT2D eigenvalue weighted by atomic mass is 16.2. The highest BCUT2D eigenvalue weighted by Crippen LogP contribution is 2.17. The topological polar surface area (TPSA) is 122 Å². The molecule has 1 aliphatic heterocycles. The molecule has 34 heavy (non-hydrogen) atoms. The molecule has 0 spiro atoms. The summed E-state index contributed by atoms with van der Waals surface area (Å²) in [6.45, 7) is 20.2. The van der Waals surface area contributed by atoms with Crippen LogP contribution in [0.1, 0.15) is 100 Å². The van der Waals surface area contributed by atoms with E-state index in [1.54, 1.807) is 0 Å². The molecule has 0 aromatic heterocycles. The van der Waals surface area contributed by atoms with E-state index in [4.69, 9.17) is 5.73 Å². The predicted octanol–water partition coefficient (Wildman–Crippen LogP) is 3.98. The van der Waals surface area contributed by atoms with Crippen LogP contribution in [0.25, 0.3) is 0 Å². The fourth-order valence-corrected chi connectivity index (χ4v) is 2.58. The van der Waals surface area contributed by atoms with Crippen molar-refractivity contribution >= 4 is 23.5 Å². The van der Waals surface area contributed by atoms with Crippen molar-refractivity contribution in [1.82, 2.24) is 15.5 Å². The Morgan fingerprint density at radius 2 is 1.47 bits per heavy atom. The minimum Gasteiger partial charge on any atom is -0.347 e. The molecule has 1 saturated heterocycles. The van der Waals surface area contributed by atoms with Gasteiger partial charge >= 0.3 is 0 Å². The zero-order chi connectivity index (χ0) is 27.4. The van der Waals surface area contributed by atoms with Crippen LogP contribution in [-0.4, -0.2) is 60.6 Å². The van der Waals surface area contributed by atoms with Gasteiger partial charge in [0.05, 0.1) is 13.1 Å². The van der Waals surface area contributed by atoms with Gasteiger partial charge in [0.1, 0.15) is 6.04 Å². The van der Waals surface area contributed by atoms with Crippen LogP contribution in [-0.2, 0) is 19.2 Å². The maximum Gasteiger partial charge on any atom is 0.289 e. The fraction of sp³-hybridized carbons (Fsp3) is 0.769. The molecule has 202 valence electrons. The standard InChI is InChI=1S/C13H20N4O4.C6H14.C3H8.2C2H6/c1-2-5-15-13(21)10(18)8-16-12(20)9-4-3-6-17(9)11(19)7-14;1-3-5-6-4-2;1-3-2;2*1-2/h2,9H,1,3-8,14H2,(H,15,21)(H,16,20);3-6H2,1-2H3;3H2,1-2H3;2*1-2H3. The Morgan fingerprint density at radius 3 is 1.88 bits per heavy atom. The van der Waals surface area contributed by atoms with Crippen molar-refractivity contribution in [2.75, 3.05) is 26.2 Å². The number of hydrogen-bond acceptors (Lipinski definition) is 5. The number of carbonyl (C=O) groups excluding carboxylic acids is 4. The van der Waals surface area contributed by atoms with Crippen LogP contribution in [0.15, 0.2) is 12.7 Å². The van der Waals surface area contributed by atoms with E-state index in [0.717, 1.165) is 0 Å². The number of nitrogens with two attached hydrogens (primary N) is 1. The van der Waals surface area contributed by atoms with E-state index in [9.17, 15) is 19.2 Å². The molecule has 0 radical (unpaired) electrons. The summed E-state index contributed by atoms with van der Waals surface area (Å²) in [6, 6.07) is -0.620. The van der Waals surface area contributed by atoms with Crippen LogP contribution in [0.5, 0.6) is 0 Å². The molecule has 8 heteroatoms. The normalized spacial score (nSPS) is 13.1. The fourth-order valence-electron chi connectivity index (χ4n) is 2.58. The average Bonchev–Trinajstić information content (AvgIpc) is 3.37. The molecule has 4 N–H and O–H groups in total. The Balaban J connectivity index is -0.000000288. The lowest BCUT2D eigenvalue weighted by Crippen LogP contribution is -2.49. The van der Waals surface area contributed by atoms with E-state index >= 15 is 0 Å². The summed E-state index contributed by atoms with van der Waals surface area (Å²) in [5.74, 6) is -2.28. The number of nitrogens with zero attached hydrogens (tertiary/aromatic N) is 1. The van der Waals surface area contributed by atoms with Crippen LogP contribution in [0, 0.1) is 0 Å². The van der Waals surface area contributed by atoms with Gasteiger partial charge in [0.15, 0.2) is 0 Å². The highest BCUT2D eigenvalue weighted by molar-refractivity contribution is 6.37. The summed E-state index contributed by atoms with van der Waals surface area (Å²) in [6.07, 6.45) is 9.46. The minimum absolute atomic E-state index is 0.160. The summed E-state index contributed by atoms with van der Waals surface area (Å²) < 4.78 is 0. The Kier molecular flexibility index (Phi) is 35.3. The number of unbranched alkanes of at least 4 members (excludes halogenated alkanes) is 3. The van der Waals surface area contributed by atoms with Crippen LogP contribution >= 0.6 is 0 Å². The number of hydrogen-bond donors (Lipinski definition) is 3. The van der Waals surface area contributed by atoms with Crippen LogP contribution in [0.4, 0.5) is 0 Å². The van der Waals surface area contributed by atoms with Crippen molar-refractivity contribution < 1.29 is 19.2 Å². The third-order valence-corrected chi connectivity index (χ3v) is 4.09. The van der Waals surface area contributed by atoms with E-state index in [-0.39, 0.29) is 19.0 Å². The van der Waals surface area contributed by atoms with E-state index in [0.29, 0.717) is 19.4 Å². The van der Waals surface area contributed by atoms with Crippen LogP contribution < -0.4 is 16.4 Å². The SMILES string of the molecule is C=CCNC(=O)C(=O)CNC(=O)C1CCCN1C(=O)CN.CC.CC.CCC.CCCCCC. The van der Waals surface area contributed by atoms with Crippen molar-refractivity contribution in [2.45, 2.75) is 106 Å².